The molecular formula is C16H40PSi4-. The van der Waals surface area contributed by atoms with Crippen LogP contribution in [-0.2, 0) is 0 Å². The van der Waals surface area contributed by atoms with E-state index in [1.54, 1.807) is 12.8 Å². The summed E-state index contributed by atoms with van der Waals surface area (Å²) in [6, 6.07) is 0. The SMILES string of the molecule is C[Si](C)(C)C1([Si](C)(C)C)CCC([Si](C)(C)C)([Si](C)(C)C)[P-]1. The maximum atomic E-state index is 2.67. The molecule has 0 unspecified atom stereocenters. The Labute approximate surface area is 141 Å². The molecule has 0 saturated carbocycles. The first-order valence-electron chi connectivity index (χ1n) is 8.65. The zero-order chi connectivity index (χ0) is 17.1. The molecule has 1 aliphatic heterocycles. The first-order valence-corrected chi connectivity index (χ1v) is 23.5. The van der Waals surface area contributed by atoms with Crippen LogP contribution in [-0.4, -0.2) is 41.1 Å². The fourth-order valence-corrected chi connectivity index (χ4v) is 36.8. The third-order valence-electron chi connectivity index (χ3n) is 6.19. The maximum absolute atomic E-state index is 2.67. The van der Waals surface area contributed by atoms with Crippen LogP contribution >= 0.6 is 8.58 Å². The second kappa shape index (κ2) is 5.40. The van der Waals surface area contributed by atoms with Gasteiger partial charge in [-0.25, -0.2) is 0 Å². The van der Waals surface area contributed by atoms with Crippen LogP contribution in [0.5, 0.6) is 0 Å². The molecule has 1 rings (SSSR count). The molecule has 0 bridgehead atoms. The summed E-state index contributed by atoms with van der Waals surface area (Å²) in [4.78, 5) is 0. The lowest BCUT2D eigenvalue weighted by Crippen LogP contribution is -2.66. The normalized spacial score (nSPS) is 23.4. The molecule has 0 aromatic rings. The standard InChI is InChI=1S/C16H40PSi4/c1-18(2,3)15(19(4,5)6)13-14-16(17-15,20(7,8)9)21(10,11)12/h13-14H2,1-12H3/q-1. The molecule has 0 N–H and O–H groups in total. The van der Waals surface area contributed by atoms with Gasteiger partial charge in [0.1, 0.15) is 0 Å². The van der Waals surface area contributed by atoms with E-state index in [1.807, 2.05) is 8.58 Å². The molecule has 1 fully saturated rings. The Morgan fingerprint density at radius 2 is 0.667 bits per heavy atom. The van der Waals surface area contributed by atoms with Crippen molar-refractivity contribution in [3.05, 3.63) is 0 Å². The molecule has 5 heteroatoms. The van der Waals surface area contributed by atoms with Crippen molar-refractivity contribution in [1.29, 1.82) is 0 Å². The zero-order valence-corrected chi connectivity index (χ0v) is 21.8. The number of hydrogen-bond donors (Lipinski definition) is 0. The van der Waals surface area contributed by atoms with Crippen LogP contribution in [0.15, 0.2) is 0 Å². The van der Waals surface area contributed by atoms with Gasteiger partial charge < -0.3 is 8.58 Å². The molecule has 21 heavy (non-hydrogen) atoms. The minimum Gasteiger partial charge on any atom is -0.538 e. The van der Waals surface area contributed by atoms with Crippen LogP contribution < -0.4 is 0 Å². The predicted molar refractivity (Wildman–Crippen MR) is 115 cm³/mol. The highest BCUT2D eigenvalue weighted by molar-refractivity contribution is 7.60. The summed E-state index contributed by atoms with van der Waals surface area (Å²) in [6.45, 7) is 32.0. The van der Waals surface area contributed by atoms with E-state index < -0.39 is 32.3 Å². The predicted octanol–water partition coefficient (Wildman–Crippen LogP) is 6.71. The molecule has 0 amide bonds. The second-order valence-electron chi connectivity index (χ2n) is 11.3. The molecule has 1 aliphatic rings. The third kappa shape index (κ3) is 3.14. The van der Waals surface area contributed by atoms with E-state index in [9.17, 15) is 0 Å². The van der Waals surface area contributed by atoms with Crippen molar-refractivity contribution < 1.29 is 0 Å². The van der Waals surface area contributed by atoms with Crippen molar-refractivity contribution in [2.45, 2.75) is 100 Å². The Morgan fingerprint density at radius 3 is 0.762 bits per heavy atom. The van der Waals surface area contributed by atoms with Gasteiger partial charge in [0.2, 0.25) is 0 Å². The lowest BCUT2D eigenvalue weighted by molar-refractivity contribution is 0.775. The van der Waals surface area contributed by atoms with Crippen molar-refractivity contribution in [2.24, 2.45) is 0 Å². The van der Waals surface area contributed by atoms with Crippen LogP contribution in [0.25, 0.3) is 0 Å². The Kier molecular flexibility index (Phi) is 5.23. The monoisotopic (exact) mass is 375 g/mol. The fraction of sp³-hybridized carbons (Fsp3) is 1.00. The maximum Gasteiger partial charge on any atom is 0.0195 e. The molecule has 1 heterocycles. The van der Waals surface area contributed by atoms with E-state index in [4.69, 9.17) is 0 Å². The van der Waals surface area contributed by atoms with E-state index in [1.165, 1.54) is 0 Å². The molecule has 0 radical (unpaired) electrons. The zero-order valence-electron chi connectivity index (χ0n) is 16.9. The van der Waals surface area contributed by atoms with Crippen LogP contribution in [0.4, 0.5) is 0 Å². The Balaban J connectivity index is 3.49. The van der Waals surface area contributed by atoms with Gasteiger partial charge in [-0.2, -0.15) is 8.81 Å². The van der Waals surface area contributed by atoms with Crippen molar-refractivity contribution in [1.82, 2.24) is 0 Å². The lowest BCUT2D eigenvalue weighted by Gasteiger charge is -2.67. The summed E-state index contributed by atoms with van der Waals surface area (Å²) in [6.07, 6.45) is 3.10. The van der Waals surface area contributed by atoms with E-state index in [2.05, 4.69) is 78.6 Å². The van der Waals surface area contributed by atoms with Gasteiger partial charge in [-0.1, -0.05) is 91.4 Å². The average molecular weight is 376 g/mol. The summed E-state index contributed by atoms with van der Waals surface area (Å²) in [5, 5.41) is 0. The Hall–Kier alpha value is 1.30. The minimum absolute atomic E-state index is 0.737. The van der Waals surface area contributed by atoms with Gasteiger partial charge in [-0.15, -0.1) is 0 Å². The van der Waals surface area contributed by atoms with Crippen molar-refractivity contribution >= 4 is 40.9 Å². The summed E-state index contributed by atoms with van der Waals surface area (Å²) in [5.41, 5.74) is 0. The van der Waals surface area contributed by atoms with Gasteiger partial charge >= 0.3 is 0 Å². The Morgan fingerprint density at radius 1 is 0.476 bits per heavy atom. The highest BCUT2D eigenvalue weighted by Crippen LogP contribution is 2.67. The van der Waals surface area contributed by atoms with Crippen LogP contribution in [0.1, 0.15) is 12.8 Å². The van der Waals surface area contributed by atoms with E-state index in [-0.39, 0.29) is 0 Å². The van der Waals surface area contributed by atoms with Gasteiger partial charge in [-0.3, -0.25) is 0 Å². The lowest BCUT2D eigenvalue weighted by atomic mass is 10.4. The average Bonchev–Trinajstić information content (AvgIpc) is 2.54. The molecule has 0 aliphatic carbocycles. The van der Waals surface area contributed by atoms with E-state index >= 15 is 0 Å². The van der Waals surface area contributed by atoms with Gasteiger partial charge in [0, 0.05) is 32.3 Å². The van der Waals surface area contributed by atoms with Gasteiger partial charge in [0.15, 0.2) is 0 Å². The summed E-state index contributed by atoms with van der Waals surface area (Å²) < 4.78 is 1.47. The third-order valence-corrected chi connectivity index (χ3v) is 36.7. The number of hydrogen-bond acceptors (Lipinski definition) is 0. The van der Waals surface area contributed by atoms with Crippen LogP contribution in [0, 0.1) is 0 Å². The first-order chi connectivity index (χ1) is 8.91. The molecule has 0 nitrogen and oxygen atoms in total. The highest BCUT2D eigenvalue weighted by atomic mass is 31.1. The van der Waals surface area contributed by atoms with Crippen molar-refractivity contribution in [3.8, 4) is 0 Å². The summed E-state index contributed by atoms with van der Waals surface area (Å²) in [7, 11) is -2.72. The van der Waals surface area contributed by atoms with Crippen LogP contribution in [0.3, 0.4) is 0 Å². The molecular weight excluding hydrogens is 335 g/mol. The van der Waals surface area contributed by atoms with Crippen molar-refractivity contribution in [2.75, 3.05) is 0 Å². The summed E-state index contributed by atoms with van der Waals surface area (Å²) in [5.74, 6) is 0. The van der Waals surface area contributed by atoms with Crippen LogP contribution in [0.2, 0.25) is 78.6 Å². The fourth-order valence-electron chi connectivity index (χ4n) is 5.22. The Bertz CT molecular complexity index is 324. The second-order valence-corrected chi connectivity index (χ2v) is 37.2. The van der Waals surface area contributed by atoms with E-state index in [0.29, 0.717) is 0 Å². The van der Waals surface area contributed by atoms with E-state index in [0.717, 1.165) is 8.81 Å². The smallest absolute Gasteiger partial charge is 0.0195 e. The first kappa shape index (κ1) is 20.3. The molecule has 1 saturated heterocycles. The quantitative estimate of drug-likeness (QED) is 0.378. The molecule has 0 spiro atoms. The van der Waals surface area contributed by atoms with Gasteiger partial charge in [0.05, 0.1) is 0 Å². The number of rotatable bonds is 4. The highest BCUT2D eigenvalue weighted by Gasteiger charge is 2.56. The van der Waals surface area contributed by atoms with Crippen molar-refractivity contribution in [3.63, 3.8) is 0 Å². The topological polar surface area (TPSA) is 0 Å². The minimum atomic E-state index is -1.16. The molecule has 0 atom stereocenters. The molecule has 0 aromatic heterocycles. The summed E-state index contributed by atoms with van der Waals surface area (Å²) >= 11 is 0. The van der Waals surface area contributed by atoms with Gasteiger partial charge in [-0.05, 0) is 0 Å². The molecule has 126 valence electrons. The molecule has 0 aromatic carbocycles. The van der Waals surface area contributed by atoms with Gasteiger partial charge in [0.25, 0.3) is 0 Å². The largest absolute Gasteiger partial charge is 0.538 e.